The van der Waals surface area contributed by atoms with Gasteiger partial charge in [-0.05, 0) is 12.8 Å². The molecule has 16 heavy (non-hydrogen) atoms. The van der Waals surface area contributed by atoms with Gasteiger partial charge < -0.3 is 11.1 Å². The van der Waals surface area contributed by atoms with E-state index < -0.39 is 0 Å². The van der Waals surface area contributed by atoms with Gasteiger partial charge in [0.15, 0.2) is 0 Å². The van der Waals surface area contributed by atoms with Crippen LogP contribution in [0.4, 0.5) is 4.79 Å². The molecule has 6 heteroatoms. The monoisotopic (exact) mass is 226 g/mol. The van der Waals surface area contributed by atoms with Gasteiger partial charge in [-0.2, -0.15) is 0 Å². The molecule has 2 aliphatic heterocycles. The molecule has 2 aliphatic rings. The zero-order valence-electron chi connectivity index (χ0n) is 9.32. The molecule has 0 bridgehead atoms. The highest BCUT2D eigenvalue weighted by Crippen LogP contribution is 2.08. The van der Waals surface area contributed by atoms with Crippen LogP contribution in [0.25, 0.3) is 0 Å². The summed E-state index contributed by atoms with van der Waals surface area (Å²) in [6, 6.07) is 0.000137. The molecule has 0 radical (unpaired) electrons. The normalized spacial score (nSPS) is 23.6. The fourth-order valence-corrected chi connectivity index (χ4v) is 2.10. The number of hydrogen-bond acceptors (Lipinski definition) is 4. The highest BCUT2D eigenvalue weighted by molar-refractivity contribution is 5.96. The van der Waals surface area contributed by atoms with E-state index in [1.807, 2.05) is 0 Å². The topological polar surface area (TPSA) is 78.7 Å². The maximum absolute atomic E-state index is 11.8. The Morgan fingerprint density at radius 1 is 1.38 bits per heavy atom. The number of carbonyl (C=O) groups excluding carboxylic acids is 2. The maximum Gasteiger partial charge on any atom is 0.324 e. The van der Waals surface area contributed by atoms with E-state index in [1.165, 1.54) is 4.90 Å². The molecule has 3 N–H and O–H groups in total. The average Bonchev–Trinajstić information content (AvgIpc) is 2.68. The molecule has 0 spiro atoms. The molecule has 2 saturated heterocycles. The van der Waals surface area contributed by atoms with Crippen molar-refractivity contribution in [2.45, 2.75) is 18.9 Å². The van der Waals surface area contributed by atoms with E-state index in [1.54, 1.807) is 0 Å². The molecular weight excluding hydrogens is 208 g/mol. The summed E-state index contributed by atoms with van der Waals surface area (Å²) in [7, 11) is 0. The Hall–Kier alpha value is -1.14. The van der Waals surface area contributed by atoms with Crippen LogP contribution in [0.5, 0.6) is 0 Å². The number of nitrogens with zero attached hydrogens (tertiary/aromatic N) is 2. The van der Waals surface area contributed by atoms with Gasteiger partial charge >= 0.3 is 6.03 Å². The van der Waals surface area contributed by atoms with Gasteiger partial charge in [0.25, 0.3) is 0 Å². The van der Waals surface area contributed by atoms with E-state index in [9.17, 15) is 9.59 Å². The third kappa shape index (κ3) is 2.51. The zero-order chi connectivity index (χ0) is 11.5. The lowest BCUT2D eigenvalue weighted by atomic mass is 10.1. The molecule has 0 aromatic heterocycles. The number of urea groups is 1. The van der Waals surface area contributed by atoms with Crippen molar-refractivity contribution in [2.24, 2.45) is 5.73 Å². The van der Waals surface area contributed by atoms with Crippen LogP contribution in [-0.2, 0) is 4.79 Å². The Morgan fingerprint density at radius 2 is 2.06 bits per heavy atom. The van der Waals surface area contributed by atoms with E-state index in [-0.39, 0.29) is 18.0 Å². The molecule has 0 atom stereocenters. The maximum atomic E-state index is 11.8. The minimum absolute atomic E-state index is 0.106. The summed E-state index contributed by atoms with van der Waals surface area (Å²) in [6.45, 7) is 3.09. The van der Waals surface area contributed by atoms with E-state index in [4.69, 9.17) is 5.73 Å². The Balaban J connectivity index is 1.81. The van der Waals surface area contributed by atoms with E-state index in [0.717, 1.165) is 25.9 Å². The number of likely N-dealkylation sites (tertiary alicyclic amines) is 1. The third-order valence-electron chi connectivity index (χ3n) is 3.15. The smallest absolute Gasteiger partial charge is 0.324 e. The number of hydrogen-bond donors (Lipinski definition) is 2. The predicted molar refractivity (Wildman–Crippen MR) is 58.8 cm³/mol. The van der Waals surface area contributed by atoms with Gasteiger partial charge in [-0.3, -0.25) is 14.6 Å². The van der Waals surface area contributed by atoms with Crippen molar-refractivity contribution in [1.82, 2.24) is 15.1 Å². The van der Waals surface area contributed by atoms with Gasteiger partial charge in [-0.15, -0.1) is 0 Å². The summed E-state index contributed by atoms with van der Waals surface area (Å²) in [5.74, 6) is -0.106. The lowest BCUT2D eigenvalue weighted by molar-refractivity contribution is -0.129. The lowest BCUT2D eigenvalue weighted by Gasteiger charge is -2.30. The first-order valence-electron chi connectivity index (χ1n) is 5.73. The van der Waals surface area contributed by atoms with Gasteiger partial charge in [0.1, 0.15) is 0 Å². The molecule has 3 amide bonds. The second kappa shape index (κ2) is 4.80. The van der Waals surface area contributed by atoms with Crippen LogP contribution in [-0.4, -0.2) is 60.5 Å². The lowest BCUT2D eigenvalue weighted by Crippen LogP contribution is -2.46. The Labute approximate surface area is 94.7 Å². The number of piperidine rings is 1. The first-order valence-corrected chi connectivity index (χ1v) is 5.73. The number of amides is 3. The van der Waals surface area contributed by atoms with Crippen molar-refractivity contribution in [1.29, 1.82) is 0 Å². The van der Waals surface area contributed by atoms with Crippen molar-refractivity contribution in [3.8, 4) is 0 Å². The van der Waals surface area contributed by atoms with Gasteiger partial charge in [0.05, 0.1) is 6.54 Å². The number of nitrogens with one attached hydrogen (secondary N) is 1. The van der Waals surface area contributed by atoms with Crippen LogP contribution in [0, 0.1) is 0 Å². The SMILES string of the molecule is NC1CCN(CC(=O)N2CCNC2=O)CC1. The van der Waals surface area contributed by atoms with Crippen molar-refractivity contribution in [2.75, 3.05) is 32.7 Å². The number of imide groups is 1. The predicted octanol–water partition coefficient (Wildman–Crippen LogP) is -1.04. The van der Waals surface area contributed by atoms with Gasteiger partial charge in [0, 0.05) is 32.2 Å². The molecule has 0 saturated carbocycles. The van der Waals surface area contributed by atoms with E-state index >= 15 is 0 Å². The van der Waals surface area contributed by atoms with Crippen LogP contribution in [0.15, 0.2) is 0 Å². The summed E-state index contributed by atoms with van der Waals surface area (Å²) >= 11 is 0. The Kier molecular flexibility index (Phi) is 3.40. The summed E-state index contributed by atoms with van der Waals surface area (Å²) < 4.78 is 0. The van der Waals surface area contributed by atoms with E-state index in [0.29, 0.717) is 19.6 Å². The highest BCUT2D eigenvalue weighted by atomic mass is 16.2. The fourth-order valence-electron chi connectivity index (χ4n) is 2.10. The number of carbonyl (C=O) groups is 2. The van der Waals surface area contributed by atoms with Gasteiger partial charge in [0.2, 0.25) is 5.91 Å². The molecule has 0 unspecified atom stereocenters. The van der Waals surface area contributed by atoms with Crippen LogP contribution < -0.4 is 11.1 Å². The molecule has 0 aromatic rings. The van der Waals surface area contributed by atoms with Gasteiger partial charge in [-0.1, -0.05) is 0 Å². The highest BCUT2D eigenvalue weighted by Gasteiger charge is 2.28. The van der Waals surface area contributed by atoms with Crippen LogP contribution >= 0.6 is 0 Å². The summed E-state index contributed by atoms with van der Waals surface area (Å²) in [6.07, 6.45) is 1.86. The van der Waals surface area contributed by atoms with Gasteiger partial charge in [-0.25, -0.2) is 4.79 Å². The third-order valence-corrected chi connectivity index (χ3v) is 3.15. The fraction of sp³-hybridized carbons (Fsp3) is 0.800. The molecular formula is C10H18N4O2. The molecule has 0 aromatic carbocycles. The minimum Gasteiger partial charge on any atom is -0.336 e. The van der Waals surface area contributed by atoms with E-state index in [2.05, 4.69) is 10.2 Å². The summed E-state index contributed by atoms with van der Waals surface area (Å²) in [5, 5.41) is 2.62. The largest absolute Gasteiger partial charge is 0.336 e. The summed E-state index contributed by atoms with van der Waals surface area (Å²) in [4.78, 5) is 26.4. The van der Waals surface area contributed by atoms with Crippen molar-refractivity contribution in [3.05, 3.63) is 0 Å². The molecule has 2 fully saturated rings. The first-order chi connectivity index (χ1) is 7.66. The van der Waals surface area contributed by atoms with Crippen LogP contribution in [0.2, 0.25) is 0 Å². The molecule has 2 heterocycles. The first kappa shape index (κ1) is 11.3. The number of rotatable bonds is 2. The molecule has 6 nitrogen and oxygen atoms in total. The molecule has 0 aliphatic carbocycles. The molecule has 2 rings (SSSR count). The second-order valence-electron chi connectivity index (χ2n) is 4.39. The molecule has 90 valence electrons. The Bertz CT molecular complexity index is 287. The summed E-state index contributed by atoms with van der Waals surface area (Å²) in [5.41, 5.74) is 5.79. The van der Waals surface area contributed by atoms with Crippen molar-refractivity contribution >= 4 is 11.9 Å². The average molecular weight is 226 g/mol. The Morgan fingerprint density at radius 3 is 2.62 bits per heavy atom. The van der Waals surface area contributed by atoms with Crippen molar-refractivity contribution < 1.29 is 9.59 Å². The van der Waals surface area contributed by atoms with Crippen molar-refractivity contribution in [3.63, 3.8) is 0 Å². The van der Waals surface area contributed by atoms with Crippen LogP contribution in [0.1, 0.15) is 12.8 Å². The standard InChI is InChI=1S/C10H18N4O2/c11-8-1-4-13(5-2-8)7-9(15)14-6-3-12-10(14)16/h8H,1-7,11H2,(H,12,16). The minimum atomic E-state index is -0.265. The second-order valence-corrected chi connectivity index (χ2v) is 4.39. The quantitative estimate of drug-likeness (QED) is 0.630. The zero-order valence-corrected chi connectivity index (χ0v) is 9.32. The number of nitrogens with two attached hydrogens (primary N) is 1. The van der Waals surface area contributed by atoms with Crippen LogP contribution in [0.3, 0.4) is 0 Å².